The second-order valence-electron chi connectivity index (χ2n) is 11.8. The number of anilines is 2. The Hall–Kier alpha value is -4.10. The molecule has 222 valence electrons. The van der Waals surface area contributed by atoms with Crippen LogP contribution in [0.1, 0.15) is 36.2 Å². The average molecular weight is 571 g/mol. The molecule has 3 aliphatic rings. The summed E-state index contributed by atoms with van der Waals surface area (Å²) in [7, 11) is 6.69. The highest BCUT2D eigenvalue weighted by Crippen LogP contribution is 2.53. The van der Waals surface area contributed by atoms with Gasteiger partial charge in [0.15, 0.2) is 23.1 Å². The van der Waals surface area contributed by atoms with Crippen LogP contribution in [0, 0.1) is 23.2 Å². The first-order valence-corrected chi connectivity index (χ1v) is 13.3. The molecule has 9 N–H and O–H groups in total. The van der Waals surface area contributed by atoms with Crippen LogP contribution < -0.4 is 21.3 Å². The van der Waals surface area contributed by atoms with E-state index in [4.69, 9.17) is 11.1 Å². The third-order valence-electron chi connectivity index (χ3n) is 8.13. The number of allylic oxidation sites excluding steroid dienone is 1. The number of ketones is 2. The van der Waals surface area contributed by atoms with Crippen LogP contribution in [-0.4, -0.2) is 95.1 Å². The van der Waals surface area contributed by atoms with Gasteiger partial charge in [0.05, 0.1) is 17.3 Å². The average Bonchev–Trinajstić information content (AvgIpc) is 2.85. The Morgan fingerprint density at radius 2 is 1.83 bits per heavy atom. The summed E-state index contributed by atoms with van der Waals surface area (Å²) < 4.78 is 0. The minimum atomic E-state index is -2.71. The van der Waals surface area contributed by atoms with Crippen LogP contribution in [0.2, 0.25) is 0 Å². The summed E-state index contributed by atoms with van der Waals surface area (Å²) in [5, 5.41) is 59.3. The number of phenols is 1. The molecular weight excluding hydrogens is 532 g/mol. The number of carbonyl (C=O) groups is 3. The van der Waals surface area contributed by atoms with E-state index in [0.717, 1.165) is 0 Å². The maximum Gasteiger partial charge on any atom is 0.255 e. The summed E-state index contributed by atoms with van der Waals surface area (Å²) in [5.41, 5.74) is 2.62. The third kappa shape index (κ3) is 4.58. The van der Waals surface area contributed by atoms with Gasteiger partial charge in [0.25, 0.3) is 5.91 Å². The van der Waals surface area contributed by atoms with Gasteiger partial charge in [0, 0.05) is 37.8 Å². The van der Waals surface area contributed by atoms with Crippen molar-refractivity contribution in [2.75, 3.05) is 45.0 Å². The Kier molecular flexibility index (Phi) is 7.56. The first kappa shape index (κ1) is 29.9. The molecule has 41 heavy (non-hydrogen) atoms. The van der Waals surface area contributed by atoms with E-state index < -0.39 is 63.8 Å². The summed E-state index contributed by atoms with van der Waals surface area (Å²) in [6, 6.07) is 0.569. The number of benzene rings is 1. The number of aliphatic hydroxyl groups is 3. The Balaban J connectivity index is 1.89. The van der Waals surface area contributed by atoms with Crippen molar-refractivity contribution in [3.63, 3.8) is 0 Å². The standard InChI is InChI=1S/C28H38N6O7/c1-11(2)10-31-27(30)32-15-9-16(33(3)4)13-7-12-8-14-20(34(5)6)23(37)19(26(29)40)25(39)28(14,41)24(38)17(12)22(36)18(13)21(15)35/h9,11-12,14,20,35,37-38,41H,7-8,10H2,1-6H3,(H2,29,40)(H3,30,31,32)/t12-,14-,20?,28-/m1/s1. The number of hydrogen-bond acceptors (Lipinski definition) is 10. The molecule has 13 heteroatoms. The lowest BCUT2D eigenvalue weighted by Gasteiger charge is -2.50. The van der Waals surface area contributed by atoms with Gasteiger partial charge in [-0.25, -0.2) is 0 Å². The summed E-state index contributed by atoms with van der Waals surface area (Å²) in [5.74, 6) is -6.95. The minimum absolute atomic E-state index is 0.00314. The van der Waals surface area contributed by atoms with E-state index in [9.17, 15) is 34.8 Å². The Morgan fingerprint density at radius 3 is 2.37 bits per heavy atom. The number of nitrogens with one attached hydrogen (secondary N) is 3. The van der Waals surface area contributed by atoms with E-state index in [1.807, 2.05) is 13.8 Å². The molecule has 0 saturated heterocycles. The molecule has 1 aromatic carbocycles. The number of hydrogen-bond donors (Lipinski definition) is 8. The normalized spacial score (nSPS) is 25.6. The molecule has 4 atom stereocenters. The number of amides is 1. The topological polar surface area (TPSA) is 213 Å². The van der Waals surface area contributed by atoms with Gasteiger partial charge in [0.2, 0.25) is 5.78 Å². The predicted molar refractivity (Wildman–Crippen MR) is 152 cm³/mol. The second-order valence-corrected chi connectivity index (χ2v) is 11.8. The minimum Gasteiger partial charge on any atom is -0.510 e. The van der Waals surface area contributed by atoms with Gasteiger partial charge in [-0.2, -0.15) is 0 Å². The zero-order valence-corrected chi connectivity index (χ0v) is 24.0. The number of likely N-dealkylation sites (N-methyl/N-ethyl adjacent to an activating group) is 1. The van der Waals surface area contributed by atoms with E-state index in [-0.39, 0.29) is 41.5 Å². The lowest BCUT2D eigenvalue weighted by Crippen LogP contribution is -2.63. The molecular formula is C28H38N6O7. The number of guanidine groups is 1. The molecule has 13 nitrogen and oxygen atoms in total. The van der Waals surface area contributed by atoms with Crippen LogP contribution in [-0.2, 0) is 16.0 Å². The zero-order chi connectivity index (χ0) is 30.7. The van der Waals surface area contributed by atoms with Crippen molar-refractivity contribution < 1.29 is 34.8 Å². The fraction of sp³-hybridized carbons (Fsp3) is 0.500. The van der Waals surface area contributed by atoms with Crippen LogP contribution in [0.15, 0.2) is 28.7 Å². The molecule has 0 bridgehead atoms. The Morgan fingerprint density at radius 1 is 1.20 bits per heavy atom. The molecule has 0 spiro atoms. The number of Topliss-reactive ketones (excluding diaryl/α,β-unsaturated/α-hetero) is 2. The zero-order valence-electron chi connectivity index (χ0n) is 24.0. The van der Waals surface area contributed by atoms with Gasteiger partial charge in [-0.15, -0.1) is 0 Å². The molecule has 0 aliphatic heterocycles. The fourth-order valence-electron chi connectivity index (χ4n) is 6.28. The molecule has 1 amide bonds. The number of carbonyl (C=O) groups excluding carboxylic acids is 3. The molecule has 0 aromatic heterocycles. The van der Waals surface area contributed by atoms with Crippen LogP contribution in [0.3, 0.4) is 0 Å². The maximum absolute atomic E-state index is 14.0. The van der Waals surface area contributed by atoms with E-state index in [0.29, 0.717) is 17.8 Å². The summed E-state index contributed by atoms with van der Waals surface area (Å²) >= 11 is 0. The third-order valence-corrected chi connectivity index (χ3v) is 8.13. The highest BCUT2D eigenvalue weighted by atomic mass is 16.3. The molecule has 0 radical (unpaired) electrons. The maximum atomic E-state index is 14.0. The van der Waals surface area contributed by atoms with Gasteiger partial charge < -0.3 is 41.7 Å². The van der Waals surface area contributed by atoms with Gasteiger partial charge in [0.1, 0.15) is 17.1 Å². The van der Waals surface area contributed by atoms with Crippen molar-refractivity contribution in [3.05, 3.63) is 39.9 Å². The van der Waals surface area contributed by atoms with Crippen LogP contribution in [0.4, 0.5) is 11.4 Å². The second kappa shape index (κ2) is 10.4. The summed E-state index contributed by atoms with van der Waals surface area (Å²) in [4.78, 5) is 42.9. The van der Waals surface area contributed by atoms with Crippen molar-refractivity contribution in [1.29, 1.82) is 5.41 Å². The van der Waals surface area contributed by atoms with Crippen molar-refractivity contribution in [3.8, 4) is 5.75 Å². The van der Waals surface area contributed by atoms with Gasteiger partial charge in [-0.3, -0.25) is 24.7 Å². The lowest BCUT2D eigenvalue weighted by molar-refractivity contribution is -0.148. The van der Waals surface area contributed by atoms with E-state index in [2.05, 4.69) is 10.6 Å². The monoisotopic (exact) mass is 570 g/mol. The summed E-state index contributed by atoms with van der Waals surface area (Å²) in [6.07, 6.45) is 0.169. The fourth-order valence-corrected chi connectivity index (χ4v) is 6.28. The van der Waals surface area contributed by atoms with Crippen molar-refractivity contribution in [1.82, 2.24) is 10.2 Å². The number of aromatic hydroxyl groups is 1. The molecule has 1 unspecified atom stereocenters. The van der Waals surface area contributed by atoms with Crippen molar-refractivity contribution in [2.45, 2.75) is 38.3 Å². The molecule has 3 aliphatic carbocycles. The number of aliphatic hydroxyl groups excluding tert-OH is 2. The first-order chi connectivity index (χ1) is 19.0. The van der Waals surface area contributed by atoms with E-state index >= 15 is 0 Å². The highest BCUT2D eigenvalue weighted by Gasteiger charge is 2.63. The van der Waals surface area contributed by atoms with Crippen LogP contribution in [0.25, 0.3) is 0 Å². The number of primary amides is 1. The molecule has 1 aromatic rings. The number of nitrogens with zero attached hydrogens (tertiary/aromatic N) is 2. The van der Waals surface area contributed by atoms with E-state index in [1.54, 1.807) is 39.2 Å². The smallest absolute Gasteiger partial charge is 0.255 e. The SMILES string of the molecule is CC(C)CNC(=N)Nc1cc(N(C)C)c2c(c1O)C(=O)C1=C(O)[C@@]3(O)C(=O)C(C(N)=O)=C(O)C(N(C)C)[C@H]3C[C@H]1C2. The summed E-state index contributed by atoms with van der Waals surface area (Å²) in [6.45, 7) is 4.44. The van der Waals surface area contributed by atoms with Crippen LogP contribution >= 0.6 is 0 Å². The number of fused-ring (bicyclic) bond motifs is 3. The molecule has 0 fully saturated rings. The van der Waals surface area contributed by atoms with Crippen molar-refractivity contribution in [2.24, 2.45) is 23.5 Å². The highest BCUT2D eigenvalue weighted by molar-refractivity contribution is 6.25. The quantitative estimate of drug-likeness (QED) is 0.104. The first-order valence-electron chi connectivity index (χ1n) is 13.3. The van der Waals surface area contributed by atoms with Gasteiger partial charge in [-0.05, 0) is 50.4 Å². The molecule has 0 saturated carbocycles. The Labute approximate surface area is 237 Å². The largest absolute Gasteiger partial charge is 0.510 e. The van der Waals surface area contributed by atoms with E-state index in [1.165, 1.54) is 4.90 Å². The molecule has 4 rings (SSSR count). The van der Waals surface area contributed by atoms with Crippen LogP contribution in [0.5, 0.6) is 5.75 Å². The van der Waals surface area contributed by atoms with Gasteiger partial charge >= 0.3 is 0 Å². The van der Waals surface area contributed by atoms with Crippen molar-refractivity contribution >= 4 is 34.8 Å². The molecule has 0 heterocycles. The Bertz CT molecular complexity index is 1410. The lowest BCUT2D eigenvalue weighted by atomic mass is 9.58. The predicted octanol–water partition coefficient (Wildman–Crippen LogP) is 0.779. The number of phenolic OH excluding ortho intramolecular Hbond substituents is 1. The number of nitrogens with two attached hydrogens (primary N) is 1. The number of rotatable bonds is 6. The van der Waals surface area contributed by atoms with Gasteiger partial charge in [-0.1, -0.05) is 13.8 Å².